The number of rotatable bonds is 4. The monoisotopic (exact) mass is 360 g/mol. The number of carboxylic acid groups (broad SMARTS) is 1. The van der Waals surface area contributed by atoms with Gasteiger partial charge in [-0.05, 0) is 39.5 Å². The lowest BCUT2D eigenvalue weighted by molar-refractivity contribution is -0.138. The summed E-state index contributed by atoms with van der Waals surface area (Å²) in [5, 5.41) is 14.0. The highest BCUT2D eigenvalue weighted by molar-refractivity contribution is 9.10. The van der Waals surface area contributed by atoms with Gasteiger partial charge in [0.1, 0.15) is 5.82 Å². The molecule has 116 valence electrons. The van der Waals surface area contributed by atoms with E-state index >= 15 is 0 Å². The predicted molar refractivity (Wildman–Crippen MR) is 81.8 cm³/mol. The minimum Gasteiger partial charge on any atom is -0.481 e. The van der Waals surface area contributed by atoms with Crippen LogP contribution in [0, 0.1) is 11.2 Å². The summed E-state index contributed by atoms with van der Waals surface area (Å²) < 4.78 is 13.7. The minimum absolute atomic E-state index is 0.189. The SMILES string of the molecule is CC(C)(C)C(CC(=O)O)NC(=O)Nc1ccc(Br)c(F)c1. The summed E-state index contributed by atoms with van der Waals surface area (Å²) in [4.78, 5) is 22.7. The first kappa shape index (κ1) is 17.4. The van der Waals surface area contributed by atoms with Crippen molar-refractivity contribution in [1.82, 2.24) is 5.32 Å². The highest BCUT2D eigenvalue weighted by Gasteiger charge is 2.28. The molecule has 0 bridgehead atoms. The van der Waals surface area contributed by atoms with Crippen LogP contribution in [0.4, 0.5) is 14.9 Å². The van der Waals surface area contributed by atoms with E-state index < -0.39 is 29.3 Å². The first-order valence-electron chi connectivity index (χ1n) is 6.34. The van der Waals surface area contributed by atoms with Gasteiger partial charge >= 0.3 is 12.0 Å². The van der Waals surface area contributed by atoms with Gasteiger partial charge in [0, 0.05) is 11.7 Å². The van der Waals surface area contributed by atoms with Crippen molar-refractivity contribution >= 4 is 33.6 Å². The van der Waals surface area contributed by atoms with Crippen LogP contribution in [0.15, 0.2) is 22.7 Å². The first-order chi connectivity index (χ1) is 9.59. The molecule has 7 heteroatoms. The van der Waals surface area contributed by atoms with Crippen LogP contribution in [0.2, 0.25) is 0 Å². The van der Waals surface area contributed by atoms with Crippen molar-refractivity contribution in [3.05, 3.63) is 28.5 Å². The van der Waals surface area contributed by atoms with Crippen molar-refractivity contribution in [3.63, 3.8) is 0 Å². The summed E-state index contributed by atoms with van der Waals surface area (Å²) >= 11 is 3.02. The molecule has 0 aliphatic rings. The second-order valence-corrected chi connectivity index (χ2v) is 6.60. The number of hydrogen-bond acceptors (Lipinski definition) is 2. The average Bonchev–Trinajstić information content (AvgIpc) is 2.31. The maximum atomic E-state index is 13.4. The van der Waals surface area contributed by atoms with Crippen molar-refractivity contribution in [1.29, 1.82) is 0 Å². The van der Waals surface area contributed by atoms with Crippen LogP contribution in [-0.4, -0.2) is 23.1 Å². The molecule has 0 spiro atoms. The number of halogens is 2. The molecule has 0 aliphatic heterocycles. The van der Waals surface area contributed by atoms with Crippen LogP contribution in [-0.2, 0) is 4.79 Å². The van der Waals surface area contributed by atoms with E-state index in [9.17, 15) is 14.0 Å². The summed E-state index contributed by atoms with van der Waals surface area (Å²) in [6, 6.07) is 3.07. The second-order valence-electron chi connectivity index (χ2n) is 5.74. The Hall–Kier alpha value is -1.63. The van der Waals surface area contributed by atoms with Crippen LogP contribution in [0.1, 0.15) is 27.2 Å². The number of anilines is 1. The van der Waals surface area contributed by atoms with E-state index in [0.717, 1.165) is 0 Å². The quantitative estimate of drug-likeness (QED) is 0.767. The highest BCUT2D eigenvalue weighted by atomic mass is 79.9. The van der Waals surface area contributed by atoms with Gasteiger partial charge in [0.2, 0.25) is 0 Å². The van der Waals surface area contributed by atoms with Gasteiger partial charge in [-0.2, -0.15) is 0 Å². The van der Waals surface area contributed by atoms with Gasteiger partial charge in [0.25, 0.3) is 0 Å². The average molecular weight is 361 g/mol. The van der Waals surface area contributed by atoms with Gasteiger partial charge in [-0.15, -0.1) is 0 Å². The molecule has 0 aromatic heterocycles. The number of carbonyl (C=O) groups excluding carboxylic acids is 1. The molecule has 1 rings (SSSR count). The van der Waals surface area contributed by atoms with E-state index in [0.29, 0.717) is 4.47 Å². The Kier molecular flexibility index (Phi) is 5.71. The Morgan fingerprint density at radius 2 is 2.00 bits per heavy atom. The predicted octanol–water partition coefficient (Wildman–Crippen LogP) is 3.60. The molecular weight excluding hydrogens is 343 g/mol. The van der Waals surface area contributed by atoms with E-state index in [1.165, 1.54) is 18.2 Å². The van der Waals surface area contributed by atoms with E-state index in [4.69, 9.17) is 5.11 Å². The summed E-state index contributed by atoms with van der Waals surface area (Å²) in [7, 11) is 0. The van der Waals surface area contributed by atoms with Crippen molar-refractivity contribution < 1.29 is 19.1 Å². The Labute approximate surface area is 131 Å². The molecule has 1 unspecified atom stereocenters. The van der Waals surface area contributed by atoms with Gasteiger partial charge in [-0.25, -0.2) is 9.18 Å². The fraction of sp³-hybridized carbons (Fsp3) is 0.429. The lowest BCUT2D eigenvalue weighted by Gasteiger charge is -2.30. The van der Waals surface area contributed by atoms with E-state index in [2.05, 4.69) is 26.6 Å². The molecular formula is C14H18BrFN2O3. The van der Waals surface area contributed by atoms with Crippen LogP contribution < -0.4 is 10.6 Å². The van der Waals surface area contributed by atoms with Gasteiger partial charge in [-0.1, -0.05) is 20.8 Å². The smallest absolute Gasteiger partial charge is 0.319 e. The largest absolute Gasteiger partial charge is 0.481 e. The van der Waals surface area contributed by atoms with E-state index in [-0.39, 0.29) is 12.1 Å². The first-order valence-corrected chi connectivity index (χ1v) is 7.13. The summed E-state index contributed by atoms with van der Waals surface area (Å²) in [6.07, 6.45) is -0.189. The van der Waals surface area contributed by atoms with Crippen molar-refractivity contribution in [2.75, 3.05) is 5.32 Å². The second kappa shape index (κ2) is 6.89. The molecule has 1 aromatic carbocycles. The Morgan fingerprint density at radius 3 is 2.48 bits per heavy atom. The van der Waals surface area contributed by atoms with Crippen molar-refractivity contribution in [2.45, 2.75) is 33.2 Å². The van der Waals surface area contributed by atoms with E-state index in [1.54, 1.807) is 0 Å². The van der Waals surface area contributed by atoms with Crippen molar-refractivity contribution in [2.24, 2.45) is 5.41 Å². The number of aliphatic carboxylic acids is 1. The van der Waals surface area contributed by atoms with Gasteiger partial charge in [0.05, 0.1) is 10.9 Å². The van der Waals surface area contributed by atoms with Crippen LogP contribution in [0.25, 0.3) is 0 Å². The summed E-state index contributed by atoms with van der Waals surface area (Å²) in [5.74, 6) is -1.49. The lowest BCUT2D eigenvalue weighted by atomic mass is 9.85. The zero-order valence-corrected chi connectivity index (χ0v) is 13.6. The number of nitrogens with one attached hydrogen (secondary N) is 2. The Morgan fingerprint density at radius 1 is 1.38 bits per heavy atom. The zero-order valence-electron chi connectivity index (χ0n) is 12.0. The van der Waals surface area contributed by atoms with Crippen molar-refractivity contribution in [3.8, 4) is 0 Å². The van der Waals surface area contributed by atoms with Gasteiger partial charge in [-0.3, -0.25) is 4.79 Å². The van der Waals surface area contributed by atoms with Gasteiger partial charge < -0.3 is 15.7 Å². The number of carbonyl (C=O) groups is 2. The molecule has 0 saturated heterocycles. The Bertz CT molecular complexity index is 544. The maximum absolute atomic E-state index is 13.4. The lowest BCUT2D eigenvalue weighted by Crippen LogP contribution is -2.46. The molecule has 2 amide bonds. The molecule has 1 atom stereocenters. The number of benzene rings is 1. The normalized spacial score (nSPS) is 12.6. The molecule has 5 nitrogen and oxygen atoms in total. The molecule has 0 radical (unpaired) electrons. The van der Waals surface area contributed by atoms with Crippen LogP contribution in [0.3, 0.4) is 0 Å². The highest BCUT2D eigenvalue weighted by Crippen LogP contribution is 2.23. The minimum atomic E-state index is -0.995. The number of carboxylic acids is 1. The number of urea groups is 1. The standard InChI is InChI=1S/C14H18BrFN2O3/c1-14(2,3)11(7-12(19)20)18-13(21)17-8-4-5-9(15)10(16)6-8/h4-6,11H,7H2,1-3H3,(H,19,20)(H2,17,18,21). The topological polar surface area (TPSA) is 78.4 Å². The molecule has 21 heavy (non-hydrogen) atoms. The van der Waals surface area contributed by atoms with E-state index in [1.807, 2.05) is 20.8 Å². The van der Waals surface area contributed by atoms with Crippen LogP contribution in [0.5, 0.6) is 0 Å². The zero-order chi connectivity index (χ0) is 16.2. The molecule has 3 N–H and O–H groups in total. The third kappa shape index (κ3) is 5.71. The molecule has 0 heterocycles. The molecule has 1 aromatic rings. The summed E-state index contributed by atoms with van der Waals surface area (Å²) in [5.41, 5.74) is -0.128. The fourth-order valence-corrected chi connectivity index (χ4v) is 1.89. The van der Waals surface area contributed by atoms with Crippen LogP contribution >= 0.6 is 15.9 Å². The third-order valence-corrected chi connectivity index (χ3v) is 3.55. The fourth-order valence-electron chi connectivity index (χ4n) is 1.65. The Balaban J connectivity index is 2.73. The molecule has 0 saturated carbocycles. The summed E-state index contributed by atoms with van der Waals surface area (Å²) in [6.45, 7) is 5.50. The third-order valence-electron chi connectivity index (χ3n) is 2.91. The maximum Gasteiger partial charge on any atom is 0.319 e. The van der Waals surface area contributed by atoms with Gasteiger partial charge in [0.15, 0.2) is 0 Å². The number of hydrogen-bond donors (Lipinski definition) is 3. The molecule has 0 fully saturated rings. The molecule has 0 aliphatic carbocycles. The number of amides is 2.